The molecule has 5 rings (SSSR count). The number of benzene rings is 2. The van der Waals surface area contributed by atoms with Crippen molar-refractivity contribution in [3.63, 3.8) is 0 Å². The summed E-state index contributed by atoms with van der Waals surface area (Å²) in [4.78, 5) is 34.8. The van der Waals surface area contributed by atoms with E-state index in [2.05, 4.69) is 20.0 Å². The fraction of sp³-hybridized carbons (Fsp3) is 0.231. The Labute approximate surface area is 233 Å². The molecular formula is C26H21ClF3N5O4S. The quantitative estimate of drug-likeness (QED) is 0.183. The van der Waals surface area contributed by atoms with E-state index >= 15 is 0 Å². The van der Waals surface area contributed by atoms with Gasteiger partial charge in [0.25, 0.3) is 5.56 Å². The summed E-state index contributed by atoms with van der Waals surface area (Å²) in [5.41, 5.74) is 1.43. The van der Waals surface area contributed by atoms with Crippen LogP contribution in [0.1, 0.15) is 6.42 Å². The van der Waals surface area contributed by atoms with Gasteiger partial charge in [-0.3, -0.25) is 4.79 Å². The monoisotopic (exact) mass is 591 g/mol. The Morgan fingerprint density at radius 1 is 1.10 bits per heavy atom. The van der Waals surface area contributed by atoms with Gasteiger partial charge < -0.3 is 19.4 Å². The number of fused-ring (bicyclic) bond motifs is 2. The molecule has 208 valence electrons. The van der Waals surface area contributed by atoms with Crippen molar-refractivity contribution in [2.45, 2.75) is 19.1 Å². The molecule has 9 nitrogen and oxygen atoms in total. The van der Waals surface area contributed by atoms with E-state index in [0.29, 0.717) is 40.9 Å². The number of alkyl halides is 3. The van der Waals surface area contributed by atoms with Gasteiger partial charge in [0, 0.05) is 37.2 Å². The van der Waals surface area contributed by atoms with E-state index in [0.717, 1.165) is 27.0 Å². The first-order chi connectivity index (χ1) is 19.1. The van der Waals surface area contributed by atoms with E-state index in [9.17, 15) is 22.8 Å². The number of nitrogens with one attached hydrogen (secondary N) is 1. The maximum Gasteiger partial charge on any atom is 0.491 e. The SMILES string of the molecule is CNc1nc2cc(-n3c(OC(=O)C(F)(F)F)nc4cc(-c5ccc(Cl)cc5)sc4c3=O)ccc2n1CCCOC. The molecular weight excluding hydrogens is 571 g/mol. The molecule has 5 aromatic rings. The number of carbonyl (C=O) groups is 1. The van der Waals surface area contributed by atoms with E-state index < -0.39 is 23.7 Å². The van der Waals surface area contributed by atoms with E-state index in [1.54, 1.807) is 50.6 Å². The molecule has 0 unspecified atom stereocenters. The summed E-state index contributed by atoms with van der Waals surface area (Å²) in [6.07, 6.45) is -4.59. The first-order valence-corrected chi connectivity index (χ1v) is 13.1. The summed E-state index contributed by atoms with van der Waals surface area (Å²) in [6.45, 7) is 1.12. The number of hydrogen-bond donors (Lipinski definition) is 1. The van der Waals surface area contributed by atoms with E-state index in [1.165, 1.54) is 12.1 Å². The smallest absolute Gasteiger partial charge is 0.385 e. The maximum atomic E-state index is 13.7. The van der Waals surface area contributed by atoms with Crippen molar-refractivity contribution >= 4 is 56.1 Å². The molecule has 0 saturated heterocycles. The Bertz CT molecular complexity index is 1780. The van der Waals surface area contributed by atoms with E-state index in [4.69, 9.17) is 16.3 Å². The second-order valence-corrected chi connectivity index (χ2v) is 10.1. The average molecular weight is 592 g/mol. The molecule has 2 aromatic carbocycles. The number of rotatable bonds is 8. The number of methoxy groups -OCH3 is 1. The number of carbonyl (C=O) groups excluding carboxylic acids is 1. The minimum absolute atomic E-state index is 0.0853. The Morgan fingerprint density at radius 2 is 1.85 bits per heavy atom. The second kappa shape index (κ2) is 10.9. The molecule has 0 radical (unpaired) electrons. The minimum Gasteiger partial charge on any atom is -0.385 e. The molecule has 0 atom stereocenters. The van der Waals surface area contributed by atoms with Crippen LogP contribution in [0.2, 0.25) is 5.02 Å². The standard InChI is InChI=1S/C26H21ClF3N5O4S/c1-31-24-32-17-12-16(8-9-19(17)34(24)10-3-11-38-2)35-22(36)21-18(33-25(35)39-23(37)26(28,29)30)13-20(40-21)14-4-6-15(27)7-5-14/h4-9,12-13H,3,10-11H2,1-2H3,(H,31,32). The number of thiophene rings is 1. The molecule has 0 aliphatic carbocycles. The molecule has 40 heavy (non-hydrogen) atoms. The molecule has 3 aromatic heterocycles. The number of hydrogen-bond acceptors (Lipinski definition) is 8. The van der Waals surface area contributed by atoms with Crippen LogP contribution in [0.25, 0.3) is 37.4 Å². The summed E-state index contributed by atoms with van der Waals surface area (Å²) in [5, 5.41) is 3.53. The highest BCUT2D eigenvalue weighted by molar-refractivity contribution is 7.22. The number of nitrogens with zero attached hydrogens (tertiary/aromatic N) is 4. The maximum absolute atomic E-state index is 13.7. The fourth-order valence-corrected chi connectivity index (χ4v) is 5.35. The molecule has 0 fully saturated rings. The zero-order valence-electron chi connectivity index (χ0n) is 21.1. The van der Waals surface area contributed by atoms with Gasteiger partial charge in [-0.1, -0.05) is 23.7 Å². The van der Waals surface area contributed by atoms with Crippen LogP contribution < -0.4 is 15.6 Å². The van der Waals surface area contributed by atoms with Crippen LogP contribution in [0.15, 0.2) is 53.3 Å². The van der Waals surface area contributed by atoms with Gasteiger partial charge in [-0.2, -0.15) is 18.2 Å². The number of anilines is 1. The Kier molecular flexibility index (Phi) is 7.53. The van der Waals surface area contributed by atoms with Crippen LogP contribution in [0.5, 0.6) is 6.01 Å². The average Bonchev–Trinajstić information content (AvgIpc) is 3.50. The second-order valence-electron chi connectivity index (χ2n) is 8.61. The lowest BCUT2D eigenvalue weighted by atomic mass is 10.2. The zero-order valence-corrected chi connectivity index (χ0v) is 22.7. The summed E-state index contributed by atoms with van der Waals surface area (Å²) in [6, 6.07) is 12.3. The molecule has 0 spiro atoms. The number of aryl methyl sites for hydroxylation is 1. The molecule has 0 bridgehead atoms. The first kappa shape index (κ1) is 27.6. The van der Waals surface area contributed by atoms with Gasteiger partial charge >= 0.3 is 18.2 Å². The number of imidazole rings is 1. The van der Waals surface area contributed by atoms with Crippen molar-refractivity contribution in [2.75, 3.05) is 26.1 Å². The normalized spacial score (nSPS) is 11.8. The van der Waals surface area contributed by atoms with Gasteiger partial charge in [0.1, 0.15) is 4.70 Å². The van der Waals surface area contributed by atoms with Gasteiger partial charge in [0.05, 0.1) is 22.2 Å². The van der Waals surface area contributed by atoms with Crippen LogP contribution in [-0.2, 0) is 16.1 Å². The summed E-state index contributed by atoms with van der Waals surface area (Å²) < 4.78 is 52.1. The molecule has 3 heterocycles. The van der Waals surface area contributed by atoms with Gasteiger partial charge in [-0.05, 0) is 48.4 Å². The molecule has 1 N–H and O–H groups in total. The van der Waals surface area contributed by atoms with Crippen molar-refractivity contribution in [1.29, 1.82) is 0 Å². The summed E-state index contributed by atoms with van der Waals surface area (Å²) >= 11 is 7.08. The van der Waals surface area contributed by atoms with E-state index in [-0.39, 0.29) is 15.9 Å². The van der Waals surface area contributed by atoms with Gasteiger partial charge in [-0.15, -0.1) is 11.3 Å². The van der Waals surface area contributed by atoms with Crippen molar-refractivity contribution < 1.29 is 27.4 Å². The predicted octanol–water partition coefficient (Wildman–Crippen LogP) is 5.66. The molecule has 0 amide bonds. The number of ether oxygens (including phenoxy) is 2. The first-order valence-electron chi connectivity index (χ1n) is 11.9. The summed E-state index contributed by atoms with van der Waals surface area (Å²) in [5.74, 6) is -1.94. The predicted molar refractivity (Wildman–Crippen MR) is 147 cm³/mol. The highest BCUT2D eigenvalue weighted by atomic mass is 35.5. The third kappa shape index (κ3) is 5.27. The Hall–Kier alpha value is -3.94. The number of esters is 1. The molecule has 0 saturated carbocycles. The van der Waals surface area contributed by atoms with Gasteiger partial charge in [-0.25, -0.2) is 14.3 Å². The Balaban J connectivity index is 1.68. The van der Waals surface area contributed by atoms with Gasteiger partial charge in [0.2, 0.25) is 5.95 Å². The van der Waals surface area contributed by atoms with Crippen LogP contribution in [0.3, 0.4) is 0 Å². The van der Waals surface area contributed by atoms with Crippen molar-refractivity contribution in [3.8, 4) is 22.1 Å². The number of aromatic nitrogens is 4. The minimum atomic E-state index is -5.30. The lowest BCUT2D eigenvalue weighted by Crippen LogP contribution is -2.31. The Morgan fingerprint density at radius 3 is 2.52 bits per heavy atom. The van der Waals surface area contributed by atoms with Crippen LogP contribution >= 0.6 is 22.9 Å². The highest BCUT2D eigenvalue weighted by Crippen LogP contribution is 2.34. The van der Waals surface area contributed by atoms with Crippen molar-refractivity contribution in [1.82, 2.24) is 19.1 Å². The van der Waals surface area contributed by atoms with E-state index in [1.807, 2.05) is 4.57 Å². The van der Waals surface area contributed by atoms with Crippen molar-refractivity contribution in [3.05, 3.63) is 63.9 Å². The fourth-order valence-electron chi connectivity index (χ4n) is 4.19. The van der Waals surface area contributed by atoms with Crippen LogP contribution in [0, 0.1) is 0 Å². The topological polar surface area (TPSA) is 100 Å². The third-order valence-electron chi connectivity index (χ3n) is 6.01. The number of halogens is 4. The van der Waals surface area contributed by atoms with Crippen molar-refractivity contribution in [2.24, 2.45) is 0 Å². The summed E-state index contributed by atoms with van der Waals surface area (Å²) in [7, 11) is 3.32. The third-order valence-corrected chi connectivity index (χ3v) is 7.42. The molecule has 0 aliphatic rings. The highest BCUT2D eigenvalue weighted by Gasteiger charge is 2.42. The molecule has 14 heteroatoms. The zero-order chi connectivity index (χ0) is 28.6. The largest absolute Gasteiger partial charge is 0.491 e. The van der Waals surface area contributed by atoms with Crippen LogP contribution in [-0.4, -0.2) is 52.0 Å². The lowest BCUT2D eigenvalue weighted by Gasteiger charge is -2.13. The molecule has 0 aliphatic heterocycles. The van der Waals surface area contributed by atoms with Crippen LogP contribution in [0.4, 0.5) is 19.1 Å². The lowest BCUT2D eigenvalue weighted by molar-refractivity contribution is -0.190. The van der Waals surface area contributed by atoms with Gasteiger partial charge in [0.15, 0.2) is 0 Å².